The summed E-state index contributed by atoms with van der Waals surface area (Å²) < 4.78 is 0. The molecule has 1 aliphatic heterocycles. The fourth-order valence-electron chi connectivity index (χ4n) is 2.99. The molecular weight excluding hydrogens is 330 g/mol. The van der Waals surface area contributed by atoms with Gasteiger partial charge in [0.15, 0.2) is 11.5 Å². The molecular formula is C19H23N5O2. The minimum absolute atomic E-state index is 0.0405. The van der Waals surface area contributed by atoms with Gasteiger partial charge in [0.05, 0.1) is 0 Å². The van der Waals surface area contributed by atoms with Crippen LogP contribution in [0.25, 0.3) is 0 Å². The number of nitrogens with zero attached hydrogens (tertiary/aromatic N) is 4. The van der Waals surface area contributed by atoms with Crippen molar-refractivity contribution in [3.05, 3.63) is 47.2 Å². The Kier molecular flexibility index (Phi) is 5.16. The molecule has 26 heavy (non-hydrogen) atoms. The lowest BCUT2D eigenvalue weighted by Crippen LogP contribution is -2.50. The number of amides is 2. The van der Waals surface area contributed by atoms with Gasteiger partial charge in [-0.3, -0.25) is 9.59 Å². The molecule has 1 aromatic heterocycles. The van der Waals surface area contributed by atoms with Crippen LogP contribution in [0.4, 0.5) is 11.5 Å². The Balaban J connectivity index is 1.64. The number of carbonyl (C=O) groups is 2. The lowest BCUT2D eigenvalue weighted by atomic mass is 10.1. The molecule has 0 bridgehead atoms. The Morgan fingerprint density at radius 1 is 0.962 bits per heavy atom. The molecule has 0 unspecified atom stereocenters. The molecule has 1 aliphatic rings. The molecule has 1 aromatic carbocycles. The molecule has 1 saturated heterocycles. The highest BCUT2D eigenvalue weighted by molar-refractivity contribution is 5.92. The van der Waals surface area contributed by atoms with Crippen molar-refractivity contribution in [2.45, 2.75) is 20.8 Å². The van der Waals surface area contributed by atoms with Crippen molar-refractivity contribution in [1.29, 1.82) is 0 Å². The van der Waals surface area contributed by atoms with Gasteiger partial charge in [-0.1, -0.05) is 17.7 Å². The van der Waals surface area contributed by atoms with E-state index in [0.717, 1.165) is 11.3 Å². The number of aromatic nitrogens is 2. The molecule has 0 atom stereocenters. The molecule has 3 rings (SSSR count). The van der Waals surface area contributed by atoms with E-state index < -0.39 is 0 Å². The predicted octanol–water partition coefficient (Wildman–Crippen LogP) is 2.14. The monoisotopic (exact) mass is 353 g/mol. The third kappa shape index (κ3) is 3.99. The van der Waals surface area contributed by atoms with Crippen LogP contribution >= 0.6 is 0 Å². The van der Waals surface area contributed by atoms with Crippen molar-refractivity contribution in [2.75, 3.05) is 31.5 Å². The third-order valence-corrected chi connectivity index (χ3v) is 4.54. The summed E-state index contributed by atoms with van der Waals surface area (Å²) in [5.74, 6) is 0.479. The van der Waals surface area contributed by atoms with Crippen LogP contribution in [0.1, 0.15) is 28.5 Å². The van der Waals surface area contributed by atoms with Gasteiger partial charge in [-0.2, -0.15) is 0 Å². The van der Waals surface area contributed by atoms with Crippen molar-refractivity contribution in [2.24, 2.45) is 0 Å². The summed E-state index contributed by atoms with van der Waals surface area (Å²) in [6, 6.07) is 9.56. The largest absolute Gasteiger partial charge is 0.339 e. The Morgan fingerprint density at radius 2 is 1.65 bits per heavy atom. The molecule has 2 heterocycles. The number of rotatable bonds is 3. The third-order valence-electron chi connectivity index (χ3n) is 4.54. The number of carbonyl (C=O) groups excluding carboxylic acids is 2. The highest BCUT2D eigenvalue weighted by Gasteiger charge is 2.24. The van der Waals surface area contributed by atoms with E-state index in [2.05, 4.69) is 21.6 Å². The average molecular weight is 353 g/mol. The minimum Gasteiger partial charge on any atom is -0.339 e. The van der Waals surface area contributed by atoms with E-state index >= 15 is 0 Å². The number of hydrogen-bond acceptors (Lipinski definition) is 5. The summed E-state index contributed by atoms with van der Waals surface area (Å²) in [4.78, 5) is 27.4. The second-order valence-corrected chi connectivity index (χ2v) is 6.55. The quantitative estimate of drug-likeness (QED) is 0.915. The highest BCUT2D eigenvalue weighted by atomic mass is 16.2. The molecule has 0 saturated carbocycles. The number of nitrogens with one attached hydrogen (secondary N) is 1. The summed E-state index contributed by atoms with van der Waals surface area (Å²) >= 11 is 0. The van der Waals surface area contributed by atoms with Crippen LogP contribution in [0, 0.1) is 13.8 Å². The first kappa shape index (κ1) is 17.8. The summed E-state index contributed by atoms with van der Waals surface area (Å²) in [5, 5.41) is 11.4. The summed E-state index contributed by atoms with van der Waals surface area (Å²) in [7, 11) is 0. The van der Waals surface area contributed by atoms with Gasteiger partial charge in [-0.25, -0.2) is 0 Å². The maximum Gasteiger partial charge on any atom is 0.274 e. The number of benzene rings is 1. The van der Waals surface area contributed by atoms with Crippen LogP contribution in [0.15, 0.2) is 30.3 Å². The van der Waals surface area contributed by atoms with Gasteiger partial charge < -0.3 is 15.1 Å². The standard InChI is InChI=1S/C19H23N5O2/c1-13-4-5-16(14(2)12-13)20-18-7-6-17(21-22-18)19(26)24-10-8-23(9-11-24)15(3)25/h4-7,12H,8-11H2,1-3H3,(H,20,22). The van der Waals surface area contributed by atoms with E-state index in [1.807, 2.05) is 26.0 Å². The van der Waals surface area contributed by atoms with Crippen molar-refractivity contribution in [3.8, 4) is 0 Å². The number of aryl methyl sites for hydroxylation is 2. The number of piperazine rings is 1. The van der Waals surface area contributed by atoms with E-state index in [4.69, 9.17) is 0 Å². The lowest BCUT2D eigenvalue weighted by molar-refractivity contribution is -0.130. The fourth-order valence-corrected chi connectivity index (χ4v) is 2.99. The SMILES string of the molecule is CC(=O)N1CCN(C(=O)c2ccc(Nc3ccc(C)cc3C)nn2)CC1. The van der Waals surface area contributed by atoms with E-state index in [1.54, 1.807) is 28.9 Å². The van der Waals surface area contributed by atoms with Gasteiger partial charge in [0, 0.05) is 38.8 Å². The lowest BCUT2D eigenvalue weighted by Gasteiger charge is -2.33. The van der Waals surface area contributed by atoms with E-state index in [9.17, 15) is 9.59 Å². The van der Waals surface area contributed by atoms with Crippen LogP contribution in [-0.2, 0) is 4.79 Å². The zero-order chi connectivity index (χ0) is 18.7. The van der Waals surface area contributed by atoms with E-state index in [1.165, 1.54) is 5.56 Å². The first-order valence-electron chi connectivity index (χ1n) is 8.67. The van der Waals surface area contributed by atoms with Gasteiger partial charge in [0.2, 0.25) is 5.91 Å². The van der Waals surface area contributed by atoms with Gasteiger partial charge in [-0.05, 0) is 37.6 Å². The molecule has 1 fully saturated rings. The normalized spacial score (nSPS) is 14.3. The molecule has 0 aliphatic carbocycles. The zero-order valence-corrected chi connectivity index (χ0v) is 15.3. The van der Waals surface area contributed by atoms with Crippen molar-refractivity contribution < 1.29 is 9.59 Å². The zero-order valence-electron chi connectivity index (χ0n) is 15.3. The molecule has 0 radical (unpaired) electrons. The predicted molar refractivity (Wildman–Crippen MR) is 99.4 cm³/mol. The Labute approximate surface area is 153 Å². The van der Waals surface area contributed by atoms with Gasteiger partial charge >= 0.3 is 0 Å². The van der Waals surface area contributed by atoms with E-state index in [0.29, 0.717) is 37.7 Å². The van der Waals surface area contributed by atoms with Crippen molar-refractivity contribution in [3.63, 3.8) is 0 Å². The molecule has 1 N–H and O–H groups in total. The van der Waals surface area contributed by atoms with Crippen LogP contribution in [0.2, 0.25) is 0 Å². The molecule has 0 spiro atoms. The highest BCUT2D eigenvalue weighted by Crippen LogP contribution is 2.20. The van der Waals surface area contributed by atoms with Gasteiger partial charge in [0.1, 0.15) is 0 Å². The number of anilines is 2. The molecule has 7 heteroatoms. The summed E-state index contributed by atoms with van der Waals surface area (Å²) in [5.41, 5.74) is 3.59. The van der Waals surface area contributed by atoms with Crippen LogP contribution in [0.5, 0.6) is 0 Å². The Morgan fingerprint density at radius 3 is 2.23 bits per heavy atom. The maximum absolute atomic E-state index is 12.5. The average Bonchev–Trinajstić information content (AvgIpc) is 2.64. The summed E-state index contributed by atoms with van der Waals surface area (Å²) in [6.07, 6.45) is 0. The summed E-state index contributed by atoms with van der Waals surface area (Å²) in [6.45, 7) is 7.77. The van der Waals surface area contributed by atoms with Gasteiger partial charge in [0.25, 0.3) is 5.91 Å². The maximum atomic E-state index is 12.5. The smallest absolute Gasteiger partial charge is 0.274 e. The second-order valence-electron chi connectivity index (χ2n) is 6.55. The Hall–Kier alpha value is -2.96. The topological polar surface area (TPSA) is 78.4 Å². The van der Waals surface area contributed by atoms with Crippen LogP contribution in [-0.4, -0.2) is 58.0 Å². The molecule has 136 valence electrons. The van der Waals surface area contributed by atoms with Crippen LogP contribution in [0.3, 0.4) is 0 Å². The first-order chi connectivity index (χ1) is 12.4. The fraction of sp³-hybridized carbons (Fsp3) is 0.368. The minimum atomic E-state index is -0.154. The van der Waals surface area contributed by atoms with Crippen molar-refractivity contribution >= 4 is 23.3 Å². The molecule has 2 amide bonds. The van der Waals surface area contributed by atoms with Crippen molar-refractivity contribution in [1.82, 2.24) is 20.0 Å². The van der Waals surface area contributed by atoms with E-state index in [-0.39, 0.29) is 11.8 Å². The number of hydrogen-bond donors (Lipinski definition) is 1. The molecule has 2 aromatic rings. The molecule has 7 nitrogen and oxygen atoms in total. The van der Waals surface area contributed by atoms with Crippen LogP contribution < -0.4 is 5.32 Å². The first-order valence-corrected chi connectivity index (χ1v) is 8.67. The second kappa shape index (κ2) is 7.51. The Bertz CT molecular complexity index is 811. The van der Waals surface area contributed by atoms with Gasteiger partial charge in [-0.15, -0.1) is 10.2 Å².